The van der Waals surface area contributed by atoms with Crippen molar-refractivity contribution in [3.05, 3.63) is 0 Å². The number of rotatable bonds is 4. The third kappa shape index (κ3) is 2.94. The smallest absolute Gasteiger partial charge is 0.0197 e. The largest absolute Gasteiger partial charge is 0.311 e. The summed E-state index contributed by atoms with van der Waals surface area (Å²) in [5.74, 6) is 1.02. The van der Waals surface area contributed by atoms with E-state index in [0.717, 1.165) is 18.0 Å². The molecule has 1 heterocycles. The van der Waals surface area contributed by atoms with Crippen LogP contribution in [0, 0.1) is 5.92 Å². The van der Waals surface area contributed by atoms with Crippen molar-refractivity contribution < 1.29 is 0 Å². The number of hydrogen-bond acceptors (Lipinski definition) is 2. The lowest BCUT2D eigenvalue weighted by atomic mass is 10.0. The van der Waals surface area contributed by atoms with E-state index in [9.17, 15) is 0 Å². The van der Waals surface area contributed by atoms with Crippen LogP contribution in [0.4, 0.5) is 0 Å². The first kappa shape index (κ1) is 11.4. The summed E-state index contributed by atoms with van der Waals surface area (Å²) in [5.41, 5.74) is 0. The maximum Gasteiger partial charge on any atom is 0.0197 e. The molecule has 2 aliphatic rings. The van der Waals surface area contributed by atoms with Crippen molar-refractivity contribution in [3.63, 3.8) is 0 Å². The lowest BCUT2D eigenvalue weighted by Gasteiger charge is -2.34. The predicted octanol–water partition coefficient (Wildman–Crippen LogP) is 2.25. The van der Waals surface area contributed by atoms with E-state index in [0.29, 0.717) is 6.04 Å². The zero-order valence-corrected chi connectivity index (χ0v) is 10.5. The quantitative estimate of drug-likeness (QED) is 0.765. The van der Waals surface area contributed by atoms with Crippen molar-refractivity contribution in [2.75, 3.05) is 13.1 Å². The first-order valence-corrected chi connectivity index (χ1v) is 6.70. The highest BCUT2D eigenvalue weighted by Gasteiger charge is 2.41. The van der Waals surface area contributed by atoms with Crippen LogP contribution in [0.3, 0.4) is 0 Å². The molecule has 2 heteroatoms. The summed E-state index contributed by atoms with van der Waals surface area (Å²) < 4.78 is 0. The van der Waals surface area contributed by atoms with Crippen molar-refractivity contribution >= 4 is 0 Å². The number of nitrogens with one attached hydrogen (secondary N) is 1. The zero-order chi connectivity index (χ0) is 10.8. The molecule has 0 radical (unpaired) electrons. The normalized spacial score (nSPS) is 37.2. The van der Waals surface area contributed by atoms with Gasteiger partial charge >= 0.3 is 0 Å². The van der Waals surface area contributed by atoms with Gasteiger partial charge in [-0.05, 0) is 31.7 Å². The molecule has 2 nitrogen and oxygen atoms in total. The van der Waals surface area contributed by atoms with Gasteiger partial charge in [-0.2, -0.15) is 0 Å². The summed E-state index contributed by atoms with van der Waals surface area (Å²) >= 11 is 0. The lowest BCUT2D eigenvalue weighted by molar-refractivity contribution is 0.170. The van der Waals surface area contributed by atoms with Crippen molar-refractivity contribution in [2.45, 2.75) is 64.6 Å². The number of piperidine rings is 1. The molecule has 2 fully saturated rings. The van der Waals surface area contributed by atoms with Crippen LogP contribution in [0.1, 0.15) is 46.5 Å². The van der Waals surface area contributed by atoms with Gasteiger partial charge in [0.2, 0.25) is 0 Å². The topological polar surface area (TPSA) is 15.3 Å². The fraction of sp³-hybridized carbons (Fsp3) is 1.00. The second-order valence-corrected chi connectivity index (χ2v) is 5.63. The summed E-state index contributed by atoms with van der Waals surface area (Å²) in [6, 6.07) is 2.32. The molecule has 0 aromatic heterocycles. The fourth-order valence-electron chi connectivity index (χ4n) is 3.03. The Balaban J connectivity index is 1.77. The number of hydrogen-bond donors (Lipinski definition) is 1. The lowest BCUT2D eigenvalue weighted by Crippen LogP contribution is -2.48. The minimum absolute atomic E-state index is 0.635. The first-order valence-electron chi connectivity index (χ1n) is 6.70. The van der Waals surface area contributed by atoms with E-state index in [1.54, 1.807) is 0 Å². The Hall–Kier alpha value is -0.0800. The van der Waals surface area contributed by atoms with Crippen LogP contribution in [0.25, 0.3) is 0 Å². The second kappa shape index (κ2) is 4.84. The molecule has 15 heavy (non-hydrogen) atoms. The van der Waals surface area contributed by atoms with E-state index in [-0.39, 0.29) is 0 Å². The molecule has 1 saturated heterocycles. The maximum atomic E-state index is 3.69. The average Bonchev–Trinajstić information content (AvgIpc) is 2.96. The van der Waals surface area contributed by atoms with Gasteiger partial charge in [0.25, 0.3) is 0 Å². The Morgan fingerprint density at radius 2 is 2.20 bits per heavy atom. The van der Waals surface area contributed by atoms with Crippen LogP contribution in [-0.2, 0) is 0 Å². The van der Waals surface area contributed by atoms with E-state index in [1.807, 2.05) is 0 Å². The van der Waals surface area contributed by atoms with Crippen molar-refractivity contribution in [2.24, 2.45) is 5.92 Å². The third-order valence-electron chi connectivity index (χ3n) is 3.90. The van der Waals surface area contributed by atoms with Gasteiger partial charge in [-0.1, -0.05) is 27.2 Å². The van der Waals surface area contributed by atoms with Gasteiger partial charge in [0, 0.05) is 24.7 Å². The Morgan fingerprint density at radius 1 is 1.40 bits per heavy atom. The monoisotopic (exact) mass is 210 g/mol. The van der Waals surface area contributed by atoms with E-state index in [1.165, 1.54) is 38.8 Å². The van der Waals surface area contributed by atoms with Gasteiger partial charge in [-0.3, -0.25) is 4.90 Å². The molecule has 1 aliphatic carbocycles. The fourth-order valence-corrected chi connectivity index (χ4v) is 3.03. The molecule has 3 atom stereocenters. The van der Waals surface area contributed by atoms with E-state index < -0.39 is 0 Å². The van der Waals surface area contributed by atoms with Gasteiger partial charge in [-0.25, -0.2) is 0 Å². The maximum absolute atomic E-state index is 3.69. The number of likely N-dealkylation sites (tertiary alicyclic amines) is 1. The van der Waals surface area contributed by atoms with Crippen LogP contribution in [0.2, 0.25) is 0 Å². The number of nitrogens with zero attached hydrogens (tertiary/aromatic N) is 1. The van der Waals surface area contributed by atoms with Gasteiger partial charge < -0.3 is 5.32 Å². The van der Waals surface area contributed by atoms with Gasteiger partial charge in [-0.15, -0.1) is 0 Å². The van der Waals surface area contributed by atoms with Gasteiger partial charge in [0.05, 0.1) is 0 Å². The molecule has 3 unspecified atom stereocenters. The predicted molar refractivity (Wildman–Crippen MR) is 65.1 cm³/mol. The zero-order valence-electron chi connectivity index (χ0n) is 10.5. The van der Waals surface area contributed by atoms with E-state index in [4.69, 9.17) is 0 Å². The summed E-state index contributed by atoms with van der Waals surface area (Å²) in [5, 5.41) is 3.69. The average molecular weight is 210 g/mol. The molecular weight excluding hydrogens is 184 g/mol. The van der Waals surface area contributed by atoms with Crippen LogP contribution in [0.5, 0.6) is 0 Å². The van der Waals surface area contributed by atoms with Crippen molar-refractivity contribution in [1.29, 1.82) is 0 Å². The minimum Gasteiger partial charge on any atom is -0.311 e. The Bertz CT molecular complexity index is 203. The Kier molecular flexibility index (Phi) is 3.68. The highest BCUT2D eigenvalue weighted by Crippen LogP contribution is 2.39. The highest BCUT2D eigenvalue weighted by molar-refractivity contribution is 4.96. The minimum atomic E-state index is 0.635. The van der Waals surface area contributed by atoms with Crippen LogP contribution >= 0.6 is 0 Å². The Morgan fingerprint density at radius 3 is 2.80 bits per heavy atom. The van der Waals surface area contributed by atoms with E-state index in [2.05, 4.69) is 31.0 Å². The second-order valence-electron chi connectivity index (χ2n) is 5.63. The summed E-state index contributed by atoms with van der Waals surface area (Å²) in [7, 11) is 0. The van der Waals surface area contributed by atoms with Gasteiger partial charge in [0.1, 0.15) is 0 Å². The van der Waals surface area contributed by atoms with Crippen LogP contribution in [-0.4, -0.2) is 36.1 Å². The standard InChI is InChI=1S/C13H26N2/c1-4-11-8-13(11)15-7-5-6-12(9-15)14-10(2)3/h10-14H,4-9H2,1-3H3. The molecule has 2 rings (SSSR count). The SMILES string of the molecule is CCC1CC1N1CCCC(NC(C)C)C1. The molecule has 1 saturated carbocycles. The molecule has 1 aliphatic heterocycles. The van der Waals surface area contributed by atoms with Crippen LogP contribution in [0.15, 0.2) is 0 Å². The van der Waals surface area contributed by atoms with Crippen LogP contribution < -0.4 is 5.32 Å². The summed E-state index contributed by atoms with van der Waals surface area (Å²) in [4.78, 5) is 2.73. The Labute approximate surface area is 94.4 Å². The molecule has 88 valence electrons. The molecule has 0 aromatic carbocycles. The molecule has 0 bridgehead atoms. The summed E-state index contributed by atoms with van der Waals surface area (Å²) in [6.45, 7) is 9.48. The van der Waals surface area contributed by atoms with E-state index >= 15 is 0 Å². The van der Waals surface area contributed by atoms with Crippen molar-refractivity contribution in [1.82, 2.24) is 10.2 Å². The molecule has 0 aromatic rings. The third-order valence-corrected chi connectivity index (χ3v) is 3.90. The molecule has 0 spiro atoms. The molecule has 0 amide bonds. The summed E-state index contributed by atoms with van der Waals surface area (Å²) in [6.07, 6.45) is 5.60. The van der Waals surface area contributed by atoms with Crippen molar-refractivity contribution in [3.8, 4) is 0 Å². The molecule has 1 N–H and O–H groups in total. The van der Waals surface area contributed by atoms with Gasteiger partial charge in [0.15, 0.2) is 0 Å². The highest BCUT2D eigenvalue weighted by atomic mass is 15.2. The molecular formula is C13H26N2. The first-order chi connectivity index (χ1) is 7.20.